The van der Waals surface area contributed by atoms with Crippen LogP contribution >= 0.6 is 0 Å². The van der Waals surface area contributed by atoms with E-state index in [2.05, 4.69) is 18.7 Å². The van der Waals surface area contributed by atoms with Crippen molar-refractivity contribution in [2.75, 3.05) is 24.5 Å². The van der Waals surface area contributed by atoms with Crippen LogP contribution in [0.1, 0.15) is 42.6 Å². The third kappa shape index (κ3) is 4.95. The Balaban J connectivity index is 1.83. The first-order valence-electron chi connectivity index (χ1n) is 9.82. The number of nitrogens with zero attached hydrogens (tertiary/aromatic N) is 2. The first kappa shape index (κ1) is 19.6. The lowest BCUT2D eigenvalue weighted by molar-refractivity contribution is 0.0957. The van der Waals surface area contributed by atoms with Crippen LogP contribution in [0, 0.1) is 18.7 Å². The van der Waals surface area contributed by atoms with Crippen LogP contribution in [0.5, 0.6) is 0 Å². The summed E-state index contributed by atoms with van der Waals surface area (Å²) in [4.78, 5) is 17.7. The highest BCUT2D eigenvalue weighted by molar-refractivity contribution is 6.06. The molecule has 4 heteroatoms. The average Bonchev–Trinajstić information content (AvgIpc) is 2.65. The third-order valence-electron chi connectivity index (χ3n) is 5.17. The molecule has 3 nitrogen and oxygen atoms in total. The molecule has 1 saturated heterocycles. The number of halogens is 1. The van der Waals surface area contributed by atoms with Gasteiger partial charge in [0.05, 0.1) is 0 Å². The van der Waals surface area contributed by atoms with Gasteiger partial charge in [-0.2, -0.15) is 0 Å². The first-order chi connectivity index (χ1) is 12.9. The molecule has 0 aliphatic carbocycles. The van der Waals surface area contributed by atoms with Gasteiger partial charge < -0.3 is 9.80 Å². The van der Waals surface area contributed by atoms with Crippen LogP contribution < -0.4 is 4.90 Å². The van der Waals surface area contributed by atoms with Crippen molar-refractivity contribution in [3.8, 4) is 0 Å². The predicted molar refractivity (Wildman–Crippen MR) is 109 cm³/mol. The lowest BCUT2D eigenvalue weighted by Crippen LogP contribution is -2.48. The van der Waals surface area contributed by atoms with Crippen molar-refractivity contribution in [2.24, 2.45) is 5.92 Å². The van der Waals surface area contributed by atoms with Gasteiger partial charge in [0.1, 0.15) is 5.82 Å². The van der Waals surface area contributed by atoms with Crippen molar-refractivity contribution in [2.45, 2.75) is 39.7 Å². The number of amides is 1. The lowest BCUT2D eigenvalue weighted by atomic mass is 9.99. The zero-order chi connectivity index (χ0) is 19.4. The summed E-state index contributed by atoms with van der Waals surface area (Å²) in [5.74, 6) is 0.348. The topological polar surface area (TPSA) is 23.6 Å². The molecule has 1 aliphatic rings. The minimum Gasteiger partial charge on any atom is -0.305 e. The number of hydrogen-bond acceptors (Lipinski definition) is 2. The molecular weight excluding hydrogens is 339 g/mol. The molecule has 0 unspecified atom stereocenters. The standard InChI is InChI=1S/C23H29FN2O/c1-17(2)16-25-14-12-22(13-15-25)26(21-10-8-20(24)9-11-21)23(27)19-6-4-18(3)5-7-19/h4-11,17,22H,12-16H2,1-3H3. The van der Waals surface area contributed by atoms with Gasteiger partial charge in [0.15, 0.2) is 0 Å². The van der Waals surface area contributed by atoms with Gasteiger partial charge in [0.2, 0.25) is 0 Å². The highest BCUT2D eigenvalue weighted by Crippen LogP contribution is 2.26. The molecule has 0 spiro atoms. The van der Waals surface area contributed by atoms with Crippen molar-refractivity contribution in [1.29, 1.82) is 0 Å². The number of benzene rings is 2. The molecule has 0 atom stereocenters. The molecule has 27 heavy (non-hydrogen) atoms. The number of rotatable bonds is 5. The zero-order valence-electron chi connectivity index (χ0n) is 16.5. The SMILES string of the molecule is Cc1ccc(C(=O)N(c2ccc(F)cc2)C2CCN(CC(C)C)CC2)cc1. The molecule has 1 fully saturated rings. The summed E-state index contributed by atoms with van der Waals surface area (Å²) in [6.07, 6.45) is 1.86. The number of piperidine rings is 1. The number of anilines is 1. The Morgan fingerprint density at radius 1 is 1.07 bits per heavy atom. The maximum atomic E-state index is 13.4. The van der Waals surface area contributed by atoms with Crippen LogP contribution in [-0.4, -0.2) is 36.5 Å². The molecule has 1 aliphatic heterocycles. The Bertz CT molecular complexity index is 747. The molecule has 1 heterocycles. The van der Waals surface area contributed by atoms with Crippen molar-refractivity contribution in [3.63, 3.8) is 0 Å². The molecule has 2 aromatic rings. The van der Waals surface area contributed by atoms with E-state index in [1.807, 2.05) is 36.1 Å². The fraction of sp³-hybridized carbons (Fsp3) is 0.435. The summed E-state index contributed by atoms with van der Waals surface area (Å²) in [7, 11) is 0. The highest BCUT2D eigenvalue weighted by Gasteiger charge is 2.30. The number of likely N-dealkylation sites (tertiary alicyclic amines) is 1. The molecule has 1 amide bonds. The zero-order valence-corrected chi connectivity index (χ0v) is 16.5. The molecule has 0 aromatic heterocycles. The van der Waals surface area contributed by atoms with Crippen LogP contribution in [0.2, 0.25) is 0 Å². The van der Waals surface area contributed by atoms with Gasteiger partial charge in [-0.3, -0.25) is 4.79 Å². The maximum absolute atomic E-state index is 13.4. The molecular formula is C23H29FN2O. The van der Waals surface area contributed by atoms with Gasteiger partial charge in [-0.15, -0.1) is 0 Å². The molecule has 0 radical (unpaired) electrons. The van der Waals surface area contributed by atoms with E-state index < -0.39 is 0 Å². The van der Waals surface area contributed by atoms with Crippen LogP contribution in [0.15, 0.2) is 48.5 Å². The molecule has 0 saturated carbocycles. The van der Waals surface area contributed by atoms with Gasteiger partial charge in [-0.25, -0.2) is 4.39 Å². The van der Waals surface area contributed by atoms with E-state index in [9.17, 15) is 9.18 Å². The van der Waals surface area contributed by atoms with Crippen LogP contribution in [-0.2, 0) is 0 Å². The minimum absolute atomic E-state index is 0.0103. The van der Waals surface area contributed by atoms with Crippen molar-refractivity contribution in [1.82, 2.24) is 4.90 Å². The molecule has 3 rings (SSSR count). The van der Waals surface area contributed by atoms with Gasteiger partial charge in [0, 0.05) is 36.9 Å². The Hall–Kier alpha value is -2.20. The monoisotopic (exact) mass is 368 g/mol. The molecule has 144 valence electrons. The summed E-state index contributed by atoms with van der Waals surface area (Å²) >= 11 is 0. The molecule has 0 N–H and O–H groups in total. The number of aryl methyl sites for hydroxylation is 1. The normalized spacial score (nSPS) is 15.9. The Kier molecular flexibility index (Phi) is 6.27. The summed E-state index contributed by atoms with van der Waals surface area (Å²) in [5.41, 5.74) is 2.57. The fourth-order valence-corrected chi connectivity index (χ4v) is 3.81. The lowest BCUT2D eigenvalue weighted by Gasteiger charge is -2.39. The first-order valence-corrected chi connectivity index (χ1v) is 9.82. The second-order valence-electron chi connectivity index (χ2n) is 7.94. The van der Waals surface area contributed by atoms with E-state index in [0.29, 0.717) is 11.5 Å². The Labute approximate surface area is 161 Å². The van der Waals surface area contributed by atoms with E-state index in [4.69, 9.17) is 0 Å². The van der Waals surface area contributed by atoms with Gasteiger partial charge in [-0.1, -0.05) is 31.5 Å². The van der Waals surface area contributed by atoms with E-state index in [1.54, 1.807) is 12.1 Å². The van der Waals surface area contributed by atoms with Gasteiger partial charge >= 0.3 is 0 Å². The van der Waals surface area contributed by atoms with Crippen LogP contribution in [0.25, 0.3) is 0 Å². The molecule has 2 aromatic carbocycles. The number of hydrogen-bond donors (Lipinski definition) is 0. The predicted octanol–water partition coefficient (Wildman–Crippen LogP) is 4.90. The summed E-state index contributed by atoms with van der Waals surface area (Å²) in [6.45, 7) is 9.55. The highest BCUT2D eigenvalue weighted by atomic mass is 19.1. The second kappa shape index (κ2) is 8.66. The second-order valence-corrected chi connectivity index (χ2v) is 7.94. The summed E-state index contributed by atoms with van der Waals surface area (Å²) in [6, 6.07) is 14.1. The number of carbonyl (C=O) groups excluding carboxylic acids is 1. The van der Waals surface area contributed by atoms with Crippen LogP contribution in [0.4, 0.5) is 10.1 Å². The minimum atomic E-state index is -0.284. The third-order valence-corrected chi connectivity index (χ3v) is 5.17. The summed E-state index contributed by atoms with van der Waals surface area (Å²) < 4.78 is 13.4. The van der Waals surface area contributed by atoms with Crippen LogP contribution in [0.3, 0.4) is 0 Å². The quantitative estimate of drug-likeness (QED) is 0.749. The number of carbonyl (C=O) groups is 1. The van der Waals surface area contributed by atoms with E-state index in [0.717, 1.165) is 43.7 Å². The van der Waals surface area contributed by atoms with Gasteiger partial charge in [0.25, 0.3) is 5.91 Å². The average molecular weight is 368 g/mol. The van der Waals surface area contributed by atoms with Gasteiger partial charge in [-0.05, 0) is 62.1 Å². The fourth-order valence-electron chi connectivity index (χ4n) is 3.81. The van der Waals surface area contributed by atoms with E-state index in [1.165, 1.54) is 12.1 Å². The molecule has 0 bridgehead atoms. The maximum Gasteiger partial charge on any atom is 0.258 e. The van der Waals surface area contributed by atoms with Crippen molar-refractivity contribution < 1.29 is 9.18 Å². The van der Waals surface area contributed by atoms with Crippen molar-refractivity contribution in [3.05, 3.63) is 65.5 Å². The Morgan fingerprint density at radius 3 is 2.22 bits per heavy atom. The van der Waals surface area contributed by atoms with E-state index in [-0.39, 0.29) is 17.8 Å². The Morgan fingerprint density at radius 2 is 1.67 bits per heavy atom. The van der Waals surface area contributed by atoms with Crippen molar-refractivity contribution >= 4 is 11.6 Å². The smallest absolute Gasteiger partial charge is 0.258 e. The summed E-state index contributed by atoms with van der Waals surface area (Å²) in [5, 5.41) is 0. The largest absolute Gasteiger partial charge is 0.305 e. The van der Waals surface area contributed by atoms with E-state index >= 15 is 0 Å².